The topological polar surface area (TPSA) is 0 Å². The smallest absolute Gasteiger partial charge is 0.0367 e. The minimum Gasteiger partial charge on any atom is -0.0654 e. The number of hydrogen-bond acceptors (Lipinski definition) is 0. The van der Waals surface area contributed by atoms with Crippen molar-refractivity contribution in [2.45, 2.75) is 181 Å². The van der Waals surface area contributed by atoms with Crippen molar-refractivity contribution >= 4 is 8.80 Å². The second-order valence-corrected chi connectivity index (χ2v) is 14.2. The molecule has 1 heteroatoms. The van der Waals surface area contributed by atoms with Crippen molar-refractivity contribution < 1.29 is 0 Å². The van der Waals surface area contributed by atoms with E-state index in [-0.39, 0.29) is 0 Å². The molecule has 0 unspecified atom stereocenters. The van der Waals surface area contributed by atoms with Gasteiger partial charge < -0.3 is 0 Å². The lowest BCUT2D eigenvalue weighted by Gasteiger charge is -2.16. The first-order valence-electron chi connectivity index (χ1n) is 14.7. The molecule has 0 saturated heterocycles. The highest BCUT2D eigenvalue weighted by Gasteiger charge is 2.10. The van der Waals surface area contributed by atoms with Gasteiger partial charge in [0.25, 0.3) is 0 Å². The third-order valence-electron chi connectivity index (χ3n) is 7.08. The SMILES string of the molecule is CCCCCCCCCC[SiH](CCCCCCCCCC)CCCCCCC(C)C. The van der Waals surface area contributed by atoms with Gasteiger partial charge in [0, 0.05) is 8.80 Å². The van der Waals surface area contributed by atoms with E-state index in [0.29, 0.717) is 0 Å². The maximum absolute atomic E-state index is 2.37. The van der Waals surface area contributed by atoms with E-state index in [9.17, 15) is 0 Å². The summed E-state index contributed by atoms with van der Waals surface area (Å²) in [6.07, 6.45) is 31.3. The van der Waals surface area contributed by atoms with Crippen LogP contribution in [-0.2, 0) is 0 Å². The van der Waals surface area contributed by atoms with Gasteiger partial charge in [0.1, 0.15) is 0 Å². The van der Waals surface area contributed by atoms with E-state index in [2.05, 4.69) is 27.7 Å². The van der Waals surface area contributed by atoms with Crippen LogP contribution in [0.5, 0.6) is 0 Å². The van der Waals surface area contributed by atoms with E-state index in [1.54, 1.807) is 37.4 Å². The predicted octanol–water partition coefficient (Wildman–Crippen LogP) is 11.1. The Hall–Kier alpha value is 0.217. The molecule has 0 aliphatic carbocycles. The summed E-state index contributed by atoms with van der Waals surface area (Å²) >= 11 is 0. The Morgan fingerprint density at radius 1 is 0.400 bits per heavy atom. The maximum atomic E-state index is 2.37. The Balaban J connectivity index is 3.84. The van der Waals surface area contributed by atoms with Gasteiger partial charge in [-0.25, -0.2) is 0 Å². The summed E-state index contributed by atoms with van der Waals surface area (Å²) in [5, 5.41) is 0. The van der Waals surface area contributed by atoms with Gasteiger partial charge >= 0.3 is 0 Å². The number of unbranched alkanes of at least 4 members (excludes halogenated alkanes) is 17. The zero-order valence-corrected chi connectivity index (χ0v) is 23.3. The van der Waals surface area contributed by atoms with E-state index in [0.717, 1.165) is 5.92 Å². The lowest BCUT2D eigenvalue weighted by Crippen LogP contribution is -2.12. The minimum atomic E-state index is -0.445. The highest BCUT2D eigenvalue weighted by Crippen LogP contribution is 2.21. The van der Waals surface area contributed by atoms with Crippen LogP contribution in [0, 0.1) is 5.92 Å². The Kier molecular flexibility index (Phi) is 25.7. The standard InChI is InChI=1S/C29H62Si/c1-5-7-9-11-13-15-18-22-26-30(28-24-20-17-21-25-29(3)4)27-23-19-16-14-12-10-8-6-2/h29-30H,5-28H2,1-4H3. The fourth-order valence-electron chi connectivity index (χ4n) is 4.91. The molecule has 0 aromatic heterocycles. The highest BCUT2D eigenvalue weighted by atomic mass is 28.3. The van der Waals surface area contributed by atoms with Crippen LogP contribution in [0.15, 0.2) is 0 Å². The van der Waals surface area contributed by atoms with Crippen molar-refractivity contribution in [1.82, 2.24) is 0 Å². The normalized spacial score (nSPS) is 11.8. The Labute approximate surface area is 195 Å². The van der Waals surface area contributed by atoms with E-state index >= 15 is 0 Å². The van der Waals surface area contributed by atoms with Crippen LogP contribution in [-0.4, -0.2) is 8.80 Å². The van der Waals surface area contributed by atoms with Gasteiger partial charge in [-0.05, 0) is 5.92 Å². The first kappa shape index (κ1) is 30.2. The molecule has 0 N–H and O–H groups in total. The summed E-state index contributed by atoms with van der Waals surface area (Å²) < 4.78 is 0. The van der Waals surface area contributed by atoms with Crippen LogP contribution < -0.4 is 0 Å². The highest BCUT2D eigenvalue weighted by molar-refractivity contribution is 6.58. The summed E-state index contributed by atoms with van der Waals surface area (Å²) in [6.45, 7) is 9.39. The second kappa shape index (κ2) is 25.5. The molecule has 0 amide bonds. The van der Waals surface area contributed by atoms with Gasteiger partial charge in [0.05, 0.1) is 0 Å². The quantitative estimate of drug-likeness (QED) is 0.0981. The van der Waals surface area contributed by atoms with Crippen LogP contribution in [0.4, 0.5) is 0 Å². The van der Waals surface area contributed by atoms with Crippen molar-refractivity contribution in [3.8, 4) is 0 Å². The third-order valence-corrected chi connectivity index (χ3v) is 10.7. The first-order valence-corrected chi connectivity index (χ1v) is 17.2. The molecule has 0 aliphatic rings. The summed E-state index contributed by atoms with van der Waals surface area (Å²) in [6, 6.07) is 4.99. The summed E-state index contributed by atoms with van der Waals surface area (Å²) in [7, 11) is -0.445. The zero-order valence-electron chi connectivity index (χ0n) is 22.1. The molecule has 0 aromatic rings. The van der Waals surface area contributed by atoms with Gasteiger partial charge in [0.2, 0.25) is 0 Å². The molecule has 0 aliphatic heterocycles. The van der Waals surface area contributed by atoms with Crippen molar-refractivity contribution in [3.63, 3.8) is 0 Å². The number of rotatable bonds is 25. The summed E-state index contributed by atoms with van der Waals surface area (Å²) in [5.41, 5.74) is 0. The molecule has 30 heavy (non-hydrogen) atoms. The molecule has 0 nitrogen and oxygen atoms in total. The summed E-state index contributed by atoms with van der Waals surface area (Å²) in [5.74, 6) is 0.899. The van der Waals surface area contributed by atoms with Gasteiger partial charge in [-0.15, -0.1) is 0 Å². The molecule has 0 radical (unpaired) electrons. The summed E-state index contributed by atoms with van der Waals surface area (Å²) in [4.78, 5) is 0. The molecule has 0 heterocycles. The van der Waals surface area contributed by atoms with Gasteiger partial charge in [-0.3, -0.25) is 0 Å². The van der Waals surface area contributed by atoms with Crippen molar-refractivity contribution in [2.75, 3.05) is 0 Å². The van der Waals surface area contributed by atoms with Crippen LogP contribution >= 0.6 is 0 Å². The van der Waals surface area contributed by atoms with Crippen LogP contribution in [0.3, 0.4) is 0 Å². The van der Waals surface area contributed by atoms with Gasteiger partial charge in [0.15, 0.2) is 0 Å². The number of hydrogen-bond donors (Lipinski definition) is 0. The lowest BCUT2D eigenvalue weighted by atomic mass is 10.0. The van der Waals surface area contributed by atoms with Crippen LogP contribution in [0.1, 0.15) is 163 Å². The Bertz CT molecular complexity index is 279. The molecule has 0 spiro atoms. The van der Waals surface area contributed by atoms with Crippen molar-refractivity contribution in [1.29, 1.82) is 0 Å². The van der Waals surface area contributed by atoms with E-state index in [1.165, 1.54) is 116 Å². The zero-order chi connectivity index (χ0) is 22.1. The van der Waals surface area contributed by atoms with Gasteiger partial charge in [-0.2, -0.15) is 0 Å². The fourth-order valence-corrected chi connectivity index (χ4v) is 8.37. The molecular formula is C29H62Si. The van der Waals surface area contributed by atoms with Crippen LogP contribution in [0.25, 0.3) is 0 Å². The van der Waals surface area contributed by atoms with Gasteiger partial charge in [-0.1, -0.05) is 181 Å². The molecular weight excluding hydrogens is 376 g/mol. The van der Waals surface area contributed by atoms with E-state index in [1.807, 2.05) is 0 Å². The van der Waals surface area contributed by atoms with Crippen molar-refractivity contribution in [3.05, 3.63) is 0 Å². The predicted molar refractivity (Wildman–Crippen MR) is 145 cm³/mol. The molecule has 0 bridgehead atoms. The largest absolute Gasteiger partial charge is 0.0654 e. The van der Waals surface area contributed by atoms with E-state index < -0.39 is 8.80 Å². The maximum Gasteiger partial charge on any atom is 0.0367 e. The first-order chi connectivity index (χ1) is 14.7. The molecule has 182 valence electrons. The second-order valence-electron chi connectivity index (χ2n) is 10.8. The fraction of sp³-hybridized carbons (Fsp3) is 1.00. The molecule has 0 fully saturated rings. The molecule has 0 saturated carbocycles. The Morgan fingerprint density at radius 2 is 0.700 bits per heavy atom. The van der Waals surface area contributed by atoms with E-state index in [4.69, 9.17) is 0 Å². The molecule has 0 aromatic carbocycles. The molecule has 0 rings (SSSR count). The third kappa shape index (κ3) is 24.5. The lowest BCUT2D eigenvalue weighted by molar-refractivity contribution is 0.524. The monoisotopic (exact) mass is 438 g/mol. The molecule has 0 atom stereocenters. The van der Waals surface area contributed by atoms with Crippen LogP contribution in [0.2, 0.25) is 18.1 Å². The average molecular weight is 439 g/mol. The Morgan fingerprint density at radius 3 is 1.03 bits per heavy atom. The average Bonchev–Trinajstić information content (AvgIpc) is 2.73. The minimum absolute atomic E-state index is 0.445. The van der Waals surface area contributed by atoms with Crippen molar-refractivity contribution in [2.24, 2.45) is 5.92 Å².